The third-order valence-corrected chi connectivity index (χ3v) is 8.10. The van der Waals surface area contributed by atoms with Crippen LogP contribution < -0.4 is 4.74 Å². The van der Waals surface area contributed by atoms with Crippen LogP contribution in [0.15, 0.2) is 64.0 Å². The van der Waals surface area contributed by atoms with Crippen molar-refractivity contribution < 1.29 is 19.5 Å². The average Bonchev–Trinajstić information content (AvgIpc) is 3.22. The molecule has 1 atom stereocenters. The van der Waals surface area contributed by atoms with Crippen LogP contribution in [0.25, 0.3) is 0 Å². The van der Waals surface area contributed by atoms with E-state index in [0.717, 1.165) is 45.2 Å². The van der Waals surface area contributed by atoms with Gasteiger partial charge in [-0.3, -0.25) is 0 Å². The summed E-state index contributed by atoms with van der Waals surface area (Å²) >= 11 is 3.11. The molecule has 1 aromatic heterocycles. The van der Waals surface area contributed by atoms with Crippen molar-refractivity contribution in [2.75, 3.05) is 13.7 Å². The van der Waals surface area contributed by atoms with Gasteiger partial charge in [0.25, 0.3) is 0 Å². The van der Waals surface area contributed by atoms with Crippen molar-refractivity contribution in [3.05, 3.63) is 81.7 Å². The van der Waals surface area contributed by atoms with E-state index in [1.807, 2.05) is 49.4 Å². The van der Waals surface area contributed by atoms with Crippen molar-refractivity contribution >= 4 is 34.8 Å². The zero-order valence-electron chi connectivity index (χ0n) is 18.0. The first-order valence-electron chi connectivity index (χ1n) is 10.5. The smallest absolute Gasteiger partial charge is 0.348 e. The van der Waals surface area contributed by atoms with Crippen LogP contribution in [0.4, 0.5) is 0 Å². The molecule has 0 aliphatic heterocycles. The van der Waals surface area contributed by atoms with Gasteiger partial charge < -0.3 is 14.7 Å². The van der Waals surface area contributed by atoms with Gasteiger partial charge in [-0.2, -0.15) is 0 Å². The Hall–Kier alpha value is -2.77. The second-order valence-corrected chi connectivity index (χ2v) is 9.68. The van der Waals surface area contributed by atoms with Crippen LogP contribution in [0.3, 0.4) is 0 Å². The molecule has 7 heteroatoms. The molecule has 1 N–H and O–H groups in total. The second-order valence-electron chi connectivity index (χ2n) is 7.42. The first kappa shape index (κ1) is 22.4. The average molecular weight is 468 g/mol. The molecule has 1 heterocycles. The highest BCUT2D eigenvalue weighted by Gasteiger charge is 2.35. The fourth-order valence-corrected chi connectivity index (χ4v) is 6.52. The minimum Gasteiger partial charge on any atom is -0.497 e. The fraction of sp³-hybridized carbons (Fsp3) is 0.280. The Bertz CT molecular complexity index is 1110. The number of oxime groups is 1. The zero-order chi connectivity index (χ0) is 22.5. The molecule has 3 aromatic rings. The standard InChI is InChI=1S/C25H25NO4S2/c1-3-30-24(27)23-20-14-13-19(17-9-11-18(29-2)12-10-17)22(26-28)21(20)25(32-23)31-15-16-7-5-4-6-8-16/h4-12,19,28H,3,13-15H2,1-2H3. The van der Waals surface area contributed by atoms with E-state index in [0.29, 0.717) is 17.2 Å². The summed E-state index contributed by atoms with van der Waals surface area (Å²) in [5.41, 5.74) is 4.68. The second kappa shape index (κ2) is 10.2. The lowest BCUT2D eigenvalue weighted by Crippen LogP contribution is -2.22. The van der Waals surface area contributed by atoms with E-state index in [2.05, 4.69) is 17.3 Å². The van der Waals surface area contributed by atoms with Gasteiger partial charge in [0.05, 0.1) is 23.6 Å². The molecule has 0 amide bonds. The van der Waals surface area contributed by atoms with Gasteiger partial charge in [0, 0.05) is 17.2 Å². The highest BCUT2D eigenvalue weighted by Crippen LogP contribution is 2.45. The number of thioether (sulfide) groups is 1. The van der Waals surface area contributed by atoms with E-state index in [1.54, 1.807) is 18.9 Å². The number of methoxy groups -OCH3 is 1. The molecule has 32 heavy (non-hydrogen) atoms. The topological polar surface area (TPSA) is 68.1 Å². The molecule has 5 nitrogen and oxygen atoms in total. The van der Waals surface area contributed by atoms with Crippen molar-refractivity contribution in [3.8, 4) is 5.75 Å². The molecule has 0 bridgehead atoms. The van der Waals surface area contributed by atoms with Crippen molar-refractivity contribution in [1.82, 2.24) is 0 Å². The van der Waals surface area contributed by atoms with Gasteiger partial charge in [0.1, 0.15) is 10.6 Å². The Kier molecular flexibility index (Phi) is 7.17. The maximum Gasteiger partial charge on any atom is 0.348 e. The highest BCUT2D eigenvalue weighted by atomic mass is 32.2. The first-order valence-corrected chi connectivity index (χ1v) is 12.3. The predicted molar refractivity (Wildman–Crippen MR) is 129 cm³/mol. The Morgan fingerprint density at radius 2 is 1.94 bits per heavy atom. The first-order chi connectivity index (χ1) is 15.7. The van der Waals surface area contributed by atoms with Gasteiger partial charge in [-0.05, 0) is 48.6 Å². The predicted octanol–water partition coefficient (Wildman–Crippen LogP) is 6.13. The number of thiophene rings is 1. The Balaban J connectivity index is 1.72. The molecule has 1 aliphatic carbocycles. The van der Waals surface area contributed by atoms with Crippen LogP contribution in [0.5, 0.6) is 5.75 Å². The zero-order valence-corrected chi connectivity index (χ0v) is 19.7. The third-order valence-electron chi connectivity index (χ3n) is 5.54. The summed E-state index contributed by atoms with van der Waals surface area (Å²) in [6, 6.07) is 18.1. The van der Waals surface area contributed by atoms with Gasteiger partial charge in [-0.15, -0.1) is 23.1 Å². The lowest BCUT2D eigenvalue weighted by Gasteiger charge is -2.25. The van der Waals surface area contributed by atoms with Gasteiger partial charge in [0.2, 0.25) is 0 Å². The van der Waals surface area contributed by atoms with E-state index < -0.39 is 0 Å². The summed E-state index contributed by atoms with van der Waals surface area (Å²) in [7, 11) is 1.64. The summed E-state index contributed by atoms with van der Waals surface area (Å²) in [5.74, 6) is 1.19. The van der Waals surface area contributed by atoms with Gasteiger partial charge in [0.15, 0.2) is 0 Å². The van der Waals surface area contributed by atoms with E-state index in [9.17, 15) is 10.0 Å². The van der Waals surface area contributed by atoms with Gasteiger partial charge in [-0.1, -0.05) is 47.6 Å². The minimum absolute atomic E-state index is 0.0564. The fourth-order valence-electron chi connectivity index (χ4n) is 4.01. The number of esters is 1. The number of rotatable bonds is 7. The van der Waals surface area contributed by atoms with E-state index in [1.165, 1.54) is 16.9 Å². The van der Waals surface area contributed by atoms with E-state index in [4.69, 9.17) is 9.47 Å². The summed E-state index contributed by atoms with van der Waals surface area (Å²) in [5, 5.41) is 13.8. The quantitative estimate of drug-likeness (QED) is 0.196. The van der Waals surface area contributed by atoms with Crippen LogP contribution in [-0.4, -0.2) is 30.6 Å². The van der Waals surface area contributed by atoms with Gasteiger partial charge in [-0.25, -0.2) is 4.79 Å². The van der Waals surface area contributed by atoms with Crippen LogP contribution in [0.1, 0.15) is 51.2 Å². The monoisotopic (exact) mass is 467 g/mol. The van der Waals surface area contributed by atoms with Crippen LogP contribution in [0, 0.1) is 0 Å². The molecule has 0 saturated carbocycles. The largest absolute Gasteiger partial charge is 0.497 e. The van der Waals surface area contributed by atoms with Crippen LogP contribution >= 0.6 is 23.1 Å². The molecule has 0 saturated heterocycles. The van der Waals surface area contributed by atoms with E-state index in [-0.39, 0.29) is 11.9 Å². The summed E-state index contributed by atoms with van der Waals surface area (Å²) < 4.78 is 11.6. The summed E-state index contributed by atoms with van der Waals surface area (Å²) in [6.45, 7) is 2.14. The normalized spacial score (nSPS) is 16.6. The van der Waals surface area contributed by atoms with Crippen LogP contribution in [-0.2, 0) is 16.9 Å². The minimum atomic E-state index is -0.305. The molecule has 0 fully saturated rings. The molecule has 1 aliphatic rings. The molecular formula is C25H25NO4S2. The third kappa shape index (κ3) is 4.54. The van der Waals surface area contributed by atoms with Crippen molar-refractivity contribution in [3.63, 3.8) is 0 Å². The molecule has 2 aromatic carbocycles. The van der Waals surface area contributed by atoms with Gasteiger partial charge >= 0.3 is 5.97 Å². The number of carbonyl (C=O) groups is 1. The molecule has 4 rings (SSSR count). The maximum absolute atomic E-state index is 12.7. The summed E-state index contributed by atoms with van der Waals surface area (Å²) in [6.07, 6.45) is 1.48. The highest BCUT2D eigenvalue weighted by molar-refractivity contribution is 8.00. The molecular weight excluding hydrogens is 442 g/mol. The molecule has 0 spiro atoms. The lowest BCUT2D eigenvalue weighted by atomic mass is 9.79. The van der Waals surface area contributed by atoms with E-state index >= 15 is 0 Å². The summed E-state index contributed by atoms with van der Waals surface area (Å²) in [4.78, 5) is 13.3. The van der Waals surface area contributed by atoms with Crippen molar-refractivity contribution in [1.29, 1.82) is 0 Å². The molecule has 1 unspecified atom stereocenters. The maximum atomic E-state index is 12.7. The number of hydrogen-bond donors (Lipinski definition) is 1. The number of fused-ring (bicyclic) bond motifs is 1. The number of benzene rings is 2. The number of nitrogens with zero attached hydrogens (tertiary/aromatic N) is 1. The SMILES string of the molecule is CCOC(=O)c1sc(SCc2ccccc2)c2c1CCC(c1ccc(OC)cc1)C2=NO. The Morgan fingerprint density at radius 1 is 1.19 bits per heavy atom. The number of hydrogen-bond acceptors (Lipinski definition) is 7. The Labute approximate surface area is 196 Å². The van der Waals surface area contributed by atoms with Crippen molar-refractivity contribution in [2.24, 2.45) is 5.16 Å². The lowest BCUT2D eigenvalue weighted by molar-refractivity contribution is 0.0531. The van der Waals surface area contributed by atoms with Crippen molar-refractivity contribution in [2.45, 2.75) is 35.6 Å². The molecule has 166 valence electrons. The van der Waals surface area contributed by atoms with Crippen LogP contribution in [0.2, 0.25) is 0 Å². The molecule has 0 radical (unpaired) electrons. The number of carbonyl (C=O) groups excluding carboxylic acids is 1. The number of ether oxygens (including phenoxy) is 2. The Morgan fingerprint density at radius 3 is 2.59 bits per heavy atom.